The lowest BCUT2D eigenvalue weighted by atomic mass is 10.1. The molecule has 2 heterocycles. The topological polar surface area (TPSA) is 72.4 Å². The molecule has 1 aliphatic heterocycles. The van der Waals surface area contributed by atoms with E-state index in [-0.39, 0.29) is 11.8 Å². The van der Waals surface area contributed by atoms with E-state index in [1.165, 1.54) is 0 Å². The number of ether oxygens (including phenoxy) is 1. The predicted molar refractivity (Wildman–Crippen MR) is 93.1 cm³/mol. The molecule has 0 fully saturated rings. The van der Waals surface area contributed by atoms with Crippen molar-refractivity contribution < 1.29 is 14.3 Å². The summed E-state index contributed by atoms with van der Waals surface area (Å²) >= 11 is 0. The van der Waals surface area contributed by atoms with Gasteiger partial charge in [-0.1, -0.05) is 36.4 Å². The van der Waals surface area contributed by atoms with Crippen molar-refractivity contribution in [2.75, 3.05) is 0 Å². The van der Waals surface area contributed by atoms with Gasteiger partial charge in [0.15, 0.2) is 6.10 Å². The highest BCUT2D eigenvalue weighted by Crippen LogP contribution is 2.28. The van der Waals surface area contributed by atoms with E-state index in [9.17, 15) is 9.59 Å². The van der Waals surface area contributed by atoms with Crippen molar-refractivity contribution >= 4 is 22.7 Å². The number of aryl methyl sites for hydroxylation is 1. The highest BCUT2D eigenvalue weighted by Gasteiger charge is 2.29. The van der Waals surface area contributed by atoms with Gasteiger partial charge in [-0.15, -0.1) is 0 Å². The van der Waals surface area contributed by atoms with Crippen LogP contribution in [0.4, 0.5) is 0 Å². The maximum Gasteiger partial charge on any atom is 0.279 e. The summed E-state index contributed by atoms with van der Waals surface area (Å²) in [5, 5.41) is 0.835. The minimum Gasteiger partial charge on any atom is -0.480 e. The molecule has 0 saturated heterocycles. The minimum atomic E-state index is -0.634. The highest BCUT2D eigenvalue weighted by atomic mass is 16.5. The van der Waals surface area contributed by atoms with Gasteiger partial charge in [0.1, 0.15) is 5.75 Å². The van der Waals surface area contributed by atoms with Crippen molar-refractivity contribution in [1.29, 1.82) is 0 Å². The van der Waals surface area contributed by atoms with Gasteiger partial charge in [0.2, 0.25) is 0 Å². The Morgan fingerprint density at radius 3 is 2.68 bits per heavy atom. The van der Waals surface area contributed by atoms with Crippen molar-refractivity contribution in [2.24, 2.45) is 7.05 Å². The zero-order valence-corrected chi connectivity index (χ0v) is 13.7. The highest BCUT2D eigenvalue weighted by molar-refractivity contribution is 6.07. The van der Waals surface area contributed by atoms with E-state index < -0.39 is 6.10 Å². The van der Waals surface area contributed by atoms with E-state index in [0.717, 1.165) is 16.5 Å². The molecule has 2 aromatic carbocycles. The summed E-state index contributed by atoms with van der Waals surface area (Å²) in [4.78, 5) is 24.7. The monoisotopic (exact) mass is 335 g/mol. The van der Waals surface area contributed by atoms with Crippen molar-refractivity contribution in [3.05, 3.63) is 65.9 Å². The Hall–Kier alpha value is -3.28. The fourth-order valence-corrected chi connectivity index (χ4v) is 3.12. The van der Waals surface area contributed by atoms with Gasteiger partial charge in [-0.3, -0.25) is 20.4 Å². The fraction of sp³-hybridized carbons (Fsp3) is 0.158. The van der Waals surface area contributed by atoms with Gasteiger partial charge in [-0.2, -0.15) is 0 Å². The number of carbonyl (C=O) groups excluding carboxylic acids is 2. The first-order valence-corrected chi connectivity index (χ1v) is 8.02. The van der Waals surface area contributed by atoms with Gasteiger partial charge >= 0.3 is 0 Å². The molecule has 6 heteroatoms. The van der Waals surface area contributed by atoms with Crippen LogP contribution in [-0.4, -0.2) is 22.5 Å². The van der Waals surface area contributed by atoms with Crippen molar-refractivity contribution in [1.82, 2.24) is 15.4 Å². The second-order valence-corrected chi connectivity index (χ2v) is 6.03. The predicted octanol–water partition coefficient (Wildman–Crippen LogP) is 1.94. The molecule has 6 nitrogen and oxygen atoms in total. The summed E-state index contributed by atoms with van der Waals surface area (Å²) in [6.07, 6.45) is 1.60. The number of rotatable bonds is 2. The van der Waals surface area contributed by atoms with E-state index in [0.29, 0.717) is 17.7 Å². The average molecular weight is 335 g/mol. The zero-order chi connectivity index (χ0) is 17.4. The molecular formula is C19H17N3O3. The molecule has 1 atom stereocenters. The molecule has 1 aromatic heterocycles. The van der Waals surface area contributed by atoms with Crippen LogP contribution in [0, 0.1) is 0 Å². The van der Waals surface area contributed by atoms with Crippen LogP contribution in [0.15, 0.2) is 54.7 Å². The van der Waals surface area contributed by atoms with E-state index in [1.807, 2.05) is 60.1 Å². The molecule has 1 aliphatic rings. The Bertz CT molecular complexity index is 952. The number of amides is 2. The number of fused-ring (bicyclic) bond motifs is 2. The molecule has 0 radical (unpaired) electrons. The molecule has 0 aliphatic carbocycles. The average Bonchev–Trinajstić information content (AvgIpc) is 3.21. The molecule has 4 rings (SSSR count). The second kappa shape index (κ2) is 5.98. The van der Waals surface area contributed by atoms with Crippen LogP contribution in [0.1, 0.15) is 15.9 Å². The first-order chi connectivity index (χ1) is 12.1. The number of carbonyl (C=O) groups is 2. The maximum absolute atomic E-state index is 12.4. The third-order valence-corrected chi connectivity index (χ3v) is 4.38. The Morgan fingerprint density at radius 1 is 1.08 bits per heavy atom. The minimum absolute atomic E-state index is 0.360. The molecule has 2 amide bonds. The second-order valence-electron chi connectivity index (χ2n) is 6.03. The third-order valence-electron chi connectivity index (χ3n) is 4.38. The van der Waals surface area contributed by atoms with Crippen LogP contribution in [0.3, 0.4) is 0 Å². The van der Waals surface area contributed by atoms with Crippen LogP contribution < -0.4 is 15.6 Å². The zero-order valence-electron chi connectivity index (χ0n) is 13.7. The van der Waals surface area contributed by atoms with Crippen LogP contribution in [0.2, 0.25) is 0 Å². The van der Waals surface area contributed by atoms with E-state index in [2.05, 4.69) is 10.9 Å². The number of hydrogen-bond donors (Lipinski definition) is 2. The number of para-hydroxylation sites is 2. The molecule has 126 valence electrons. The lowest BCUT2D eigenvalue weighted by Gasteiger charge is -2.12. The quantitative estimate of drug-likeness (QED) is 0.703. The van der Waals surface area contributed by atoms with E-state index in [4.69, 9.17) is 4.74 Å². The molecular weight excluding hydrogens is 318 g/mol. The van der Waals surface area contributed by atoms with E-state index >= 15 is 0 Å². The Kier molecular flexibility index (Phi) is 3.65. The number of nitrogens with zero attached hydrogens (tertiary/aromatic N) is 1. The number of nitrogens with one attached hydrogen (secondary N) is 2. The molecule has 0 spiro atoms. The smallest absolute Gasteiger partial charge is 0.279 e. The fourth-order valence-electron chi connectivity index (χ4n) is 3.12. The first kappa shape index (κ1) is 15.3. The van der Waals surface area contributed by atoms with Gasteiger partial charge < -0.3 is 9.30 Å². The van der Waals surface area contributed by atoms with Crippen LogP contribution >= 0.6 is 0 Å². The summed E-state index contributed by atoms with van der Waals surface area (Å²) in [7, 11) is 1.88. The van der Waals surface area contributed by atoms with Crippen molar-refractivity contribution in [3.63, 3.8) is 0 Å². The number of aromatic nitrogens is 1. The van der Waals surface area contributed by atoms with Crippen LogP contribution in [-0.2, 0) is 18.3 Å². The molecule has 25 heavy (non-hydrogen) atoms. The van der Waals surface area contributed by atoms with Crippen LogP contribution in [0.5, 0.6) is 5.75 Å². The van der Waals surface area contributed by atoms with E-state index in [1.54, 1.807) is 6.20 Å². The van der Waals surface area contributed by atoms with Gasteiger partial charge in [0.05, 0.1) is 5.56 Å². The van der Waals surface area contributed by atoms with Crippen molar-refractivity contribution in [3.8, 4) is 5.75 Å². The lowest BCUT2D eigenvalue weighted by molar-refractivity contribution is -0.128. The summed E-state index contributed by atoms with van der Waals surface area (Å²) in [5.41, 5.74) is 7.38. The van der Waals surface area contributed by atoms with Gasteiger partial charge in [0.25, 0.3) is 11.8 Å². The van der Waals surface area contributed by atoms with Gasteiger partial charge in [-0.05, 0) is 17.7 Å². The number of hydrazine groups is 1. The number of benzene rings is 2. The maximum atomic E-state index is 12.4. The van der Waals surface area contributed by atoms with Crippen LogP contribution in [0.25, 0.3) is 10.9 Å². The molecule has 0 unspecified atom stereocenters. The molecule has 3 aromatic rings. The standard InChI is InChI=1S/C19H17N3O3/c1-22-11-14(13-7-3-4-8-15(13)22)18(23)20-21-19(24)17-10-12-6-2-5-9-16(12)25-17/h2-9,11,17H,10H2,1H3,(H,20,23)(H,21,24)/t17-/m0/s1. The third kappa shape index (κ3) is 2.71. The largest absolute Gasteiger partial charge is 0.480 e. The molecule has 2 N–H and O–H groups in total. The number of hydrogen-bond acceptors (Lipinski definition) is 3. The Balaban J connectivity index is 1.43. The molecule has 0 saturated carbocycles. The molecule has 0 bridgehead atoms. The van der Waals surface area contributed by atoms with Crippen molar-refractivity contribution in [2.45, 2.75) is 12.5 Å². The SMILES string of the molecule is Cn1cc(C(=O)NNC(=O)[C@@H]2Cc3ccccc3O2)c2ccccc21. The first-order valence-electron chi connectivity index (χ1n) is 8.02. The van der Waals surface area contributed by atoms with Gasteiger partial charge in [0, 0.05) is 30.6 Å². The summed E-state index contributed by atoms with van der Waals surface area (Å²) in [5.74, 6) is -0.0199. The summed E-state index contributed by atoms with van der Waals surface area (Å²) in [6.45, 7) is 0. The van der Waals surface area contributed by atoms with Gasteiger partial charge in [-0.25, -0.2) is 0 Å². The normalized spacial score (nSPS) is 15.5. The lowest BCUT2D eigenvalue weighted by Crippen LogP contribution is -2.47. The Labute approximate surface area is 144 Å². The summed E-state index contributed by atoms with van der Waals surface area (Å²) in [6, 6.07) is 15.1. The summed E-state index contributed by atoms with van der Waals surface area (Å²) < 4.78 is 7.49. The Morgan fingerprint density at radius 2 is 1.84 bits per heavy atom.